The topological polar surface area (TPSA) is 84.2 Å². The van der Waals surface area contributed by atoms with Crippen molar-refractivity contribution in [3.05, 3.63) is 48.3 Å². The Kier molecular flexibility index (Phi) is 5.09. The van der Waals surface area contributed by atoms with E-state index in [2.05, 4.69) is 10.4 Å². The zero-order chi connectivity index (χ0) is 15.1. The number of carbonyl (C=O) groups excluding carboxylic acids is 1. The number of carboxylic acids is 1. The van der Waals surface area contributed by atoms with Crippen LogP contribution < -0.4 is 5.32 Å². The summed E-state index contributed by atoms with van der Waals surface area (Å²) in [6.45, 7) is 0. The number of amides is 1. The summed E-state index contributed by atoms with van der Waals surface area (Å²) in [6.07, 6.45) is 5.19. The third-order valence-electron chi connectivity index (χ3n) is 3.15. The monoisotopic (exact) mass is 287 g/mol. The molecule has 0 aliphatic rings. The molecule has 6 nitrogen and oxygen atoms in total. The van der Waals surface area contributed by atoms with Gasteiger partial charge < -0.3 is 10.4 Å². The molecule has 6 heteroatoms. The standard InChI is InChI=1S/C15H17N3O3/c19-11-16-13(6-7-15(20)21)8-12-9-17-18(10-12)14-4-2-1-3-5-14/h1-5,9-11,13H,6-8H2,(H,16,19)(H,20,21). The van der Waals surface area contributed by atoms with E-state index >= 15 is 0 Å². The molecule has 1 unspecified atom stereocenters. The summed E-state index contributed by atoms with van der Waals surface area (Å²) in [7, 11) is 0. The maximum atomic E-state index is 10.6. The predicted octanol–water partition coefficient (Wildman–Crippen LogP) is 1.39. The first-order chi connectivity index (χ1) is 10.2. The number of nitrogens with zero attached hydrogens (tertiary/aromatic N) is 2. The Morgan fingerprint density at radius 2 is 2.14 bits per heavy atom. The molecule has 1 aromatic heterocycles. The summed E-state index contributed by atoms with van der Waals surface area (Å²) in [5.74, 6) is -0.868. The van der Waals surface area contributed by atoms with Crippen LogP contribution in [-0.4, -0.2) is 33.3 Å². The second-order valence-electron chi connectivity index (χ2n) is 4.75. The molecule has 0 spiro atoms. The summed E-state index contributed by atoms with van der Waals surface area (Å²) in [4.78, 5) is 21.2. The molecule has 1 heterocycles. The zero-order valence-corrected chi connectivity index (χ0v) is 11.5. The van der Waals surface area contributed by atoms with Gasteiger partial charge in [0.25, 0.3) is 0 Å². The second-order valence-corrected chi connectivity index (χ2v) is 4.75. The van der Waals surface area contributed by atoms with Gasteiger partial charge in [0.2, 0.25) is 6.41 Å². The Morgan fingerprint density at radius 3 is 2.81 bits per heavy atom. The number of benzene rings is 1. The summed E-state index contributed by atoms with van der Waals surface area (Å²) in [5, 5.41) is 15.7. The molecule has 0 fully saturated rings. The average Bonchev–Trinajstić information content (AvgIpc) is 2.94. The molecule has 2 aromatic rings. The third kappa shape index (κ3) is 4.45. The van der Waals surface area contributed by atoms with Crippen molar-refractivity contribution < 1.29 is 14.7 Å². The minimum absolute atomic E-state index is 0.0261. The van der Waals surface area contributed by atoms with Gasteiger partial charge in [-0.1, -0.05) is 18.2 Å². The first-order valence-electron chi connectivity index (χ1n) is 6.69. The Bertz CT molecular complexity index is 595. The summed E-state index contributed by atoms with van der Waals surface area (Å²) < 4.78 is 1.75. The highest BCUT2D eigenvalue weighted by atomic mass is 16.4. The van der Waals surface area contributed by atoms with Gasteiger partial charge in [-0.05, 0) is 30.5 Å². The van der Waals surface area contributed by atoms with Crippen molar-refractivity contribution in [1.82, 2.24) is 15.1 Å². The number of rotatable bonds is 8. The Hall–Kier alpha value is -2.63. The molecule has 0 aliphatic carbocycles. The second kappa shape index (κ2) is 7.23. The molecule has 110 valence electrons. The molecule has 2 rings (SSSR count). The molecular weight excluding hydrogens is 270 g/mol. The van der Waals surface area contributed by atoms with E-state index in [1.807, 2.05) is 36.5 Å². The third-order valence-corrected chi connectivity index (χ3v) is 3.15. The van der Waals surface area contributed by atoms with Crippen LogP contribution in [0.1, 0.15) is 18.4 Å². The fraction of sp³-hybridized carbons (Fsp3) is 0.267. The summed E-state index contributed by atoms with van der Waals surface area (Å²) in [5.41, 5.74) is 1.90. The van der Waals surface area contributed by atoms with Crippen LogP contribution in [0, 0.1) is 0 Å². The van der Waals surface area contributed by atoms with Crippen molar-refractivity contribution in [3.63, 3.8) is 0 Å². The van der Waals surface area contributed by atoms with E-state index < -0.39 is 5.97 Å². The first kappa shape index (κ1) is 14.8. The number of nitrogens with one attached hydrogen (secondary N) is 1. The molecule has 1 atom stereocenters. The van der Waals surface area contributed by atoms with E-state index in [1.54, 1.807) is 10.9 Å². The molecule has 2 N–H and O–H groups in total. The molecular formula is C15H17N3O3. The molecule has 1 amide bonds. The van der Waals surface area contributed by atoms with Crippen LogP contribution in [0.15, 0.2) is 42.7 Å². The highest BCUT2D eigenvalue weighted by molar-refractivity contribution is 5.66. The van der Waals surface area contributed by atoms with E-state index in [0.29, 0.717) is 19.3 Å². The van der Waals surface area contributed by atoms with Crippen LogP contribution >= 0.6 is 0 Å². The SMILES string of the molecule is O=CNC(CCC(=O)O)Cc1cnn(-c2ccccc2)c1. The van der Waals surface area contributed by atoms with Crippen LogP contribution in [0.25, 0.3) is 5.69 Å². The highest BCUT2D eigenvalue weighted by Crippen LogP contribution is 2.11. The van der Waals surface area contributed by atoms with Crippen LogP contribution in [-0.2, 0) is 16.0 Å². The van der Waals surface area contributed by atoms with E-state index in [4.69, 9.17) is 5.11 Å². The quantitative estimate of drug-likeness (QED) is 0.719. The number of carbonyl (C=O) groups is 2. The fourth-order valence-electron chi connectivity index (χ4n) is 2.11. The van der Waals surface area contributed by atoms with E-state index in [1.165, 1.54) is 0 Å². The van der Waals surface area contributed by atoms with Gasteiger partial charge in [-0.2, -0.15) is 5.10 Å². The Morgan fingerprint density at radius 1 is 1.38 bits per heavy atom. The first-order valence-corrected chi connectivity index (χ1v) is 6.69. The van der Waals surface area contributed by atoms with Gasteiger partial charge in [0.1, 0.15) is 0 Å². The number of carboxylic acid groups (broad SMARTS) is 1. The van der Waals surface area contributed by atoms with Gasteiger partial charge in [0.05, 0.1) is 11.9 Å². The average molecular weight is 287 g/mol. The number of hydrogen-bond acceptors (Lipinski definition) is 3. The number of aliphatic carboxylic acids is 1. The number of para-hydroxylation sites is 1. The molecule has 21 heavy (non-hydrogen) atoms. The maximum absolute atomic E-state index is 10.6. The smallest absolute Gasteiger partial charge is 0.303 e. The van der Waals surface area contributed by atoms with Crippen LogP contribution in [0.3, 0.4) is 0 Å². The minimum Gasteiger partial charge on any atom is -0.481 e. The van der Waals surface area contributed by atoms with Crippen molar-refractivity contribution in [2.75, 3.05) is 0 Å². The van der Waals surface area contributed by atoms with Crippen molar-refractivity contribution in [2.24, 2.45) is 0 Å². The van der Waals surface area contributed by atoms with Gasteiger partial charge in [-0.3, -0.25) is 9.59 Å². The molecule has 0 radical (unpaired) electrons. The zero-order valence-electron chi connectivity index (χ0n) is 11.5. The van der Waals surface area contributed by atoms with E-state index in [0.717, 1.165) is 11.3 Å². The molecule has 1 aromatic carbocycles. The van der Waals surface area contributed by atoms with Crippen molar-refractivity contribution in [3.8, 4) is 5.69 Å². The molecule has 0 saturated heterocycles. The number of hydrogen-bond donors (Lipinski definition) is 2. The lowest BCUT2D eigenvalue weighted by Gasteiger charge is -2.13. The Labute approximate surface area is 122 Å². The fourth-order valence-corrected chi connectivity index (χ4v) is 2.11. The highest BCUT2D eigenvalue weighted by Gasteiger charge is 2.12. The molecule has 0 aliphatic heterocycles. The van der Waals surface area contributed by atoms with Gasteiger partial charge in [-0.25, -0.2) is 4.68 Å². The van der Waals surface area contributed by atoms with Crippen molar-refractivity contribution in [1.29, 1.82) is 0 Å². The maximum Gasteiger partial charge on any atom is 0.303 e. The van der Waals surface area contributed by atoms with Crippen LogP contribution in [0.5, 0.6) is 0 Å². The number of aromatic nitrogens is 2. The lowest BCUT2D eigenvalue weighted by atomic mass is 10.0. The van der Waals surface area contributed by atoms with Gasteiger partial charge in [0, 0.05) is 18.7 Å². The van der Waals surface area contributed by atoms with Crippen molar-refractivity contribution >= 4 is 12.4 Å². The van der Waals surface area contributed by atoms with Gasteiger partial charge >= 0.3 is 5.97 Å². The minimum atomic E-state index is -0.868. The Balaban J connectivity index is 2.02. The van der Waals surface area contributed by atoms with E-state index in [-0.39, 0.29) is 12.5 Å². The van der Waals surface area contributed by atoms with Gasteiger partial charge in [-0.15, -0.1) is 0 Å². The molecule has 0 saturated carbocycles. The van der Waals surface area contributed by atoms with Gasteiger partial charge in [0.15, 0.2) is 0 Å². The lowest BCUT2D eigenvalue weighted by Crippen LogP contribution is -2.30. The summed E-state index contributed by atoms with van der Waals surface area (Å²) >= 11 is 0. The largest absolute Gasteiger partial charge is 0.481 e. The van der Waals surface area contributed by atoms with E-state index in [9.17, 15) is 9.59 Å². The predicted molar refractivity (Wildman–Crippen MR) is 77.1 cm³/mol. The van der Waals surface area contributed by atoms with Crippen LogP contribution in [0.2, 0.25) is 0 Å². The van der Waals surface area contributed by atoms with Crippen molar-refractivity contribution in [2.45, 2.75) is 25.3 Å². The summed E-state index contributed by atoms with van der Waals surface area (Å²) in [6, 6.07) is 9.49. The molecule has 0 bridgehead atoms. The van der Waals surface area contributed by atoms with Crippen LogP contribution in [0.4, 0.5) is 0 Å². The lowest BCUT2D eigenvalue weighted by molar-refractivity contribution is -0.137. The normalized spacial score (nSPS) is 11.8.